The van der Waals surface area contributed by atoms with E-state index in [0.717, 1.165) is 36.1 Å². The minimum Gasteiger partial charge on any atom is -0.497 e. The highest BCUT2D eigenvalue weighted by Crippen LogP contribution is 2.35. The molecule has 0 heterocycles. The molecule has 0 bridgehead atoms. The lowest BCUT2D eigenvalue weighted by atomic mass is 9.82. The fourth-order valence-corrected chi connectivity index (χ4v) is 2.47. The van der Waals surface area contributed by atoms with Gasteiger partial charge in [0.05, 0.1) is 7.11 Å². The molecule has 0 fully saturated rings. The summed E-state index contributed by atoms with van der Waals surface area (Å²) in [4.78, 5) is 0. The van der Waals surface area contributed by atoms with E-state index in [9.17, 15) is 5.11 Å². The predicted molar refractivity (Wildman–Crippen MR) is 82.0 cm³/mol. The molecule has 0 radical (unpaired) electrons. The largest absolute Gasteiger partial charge is 0.497 e. The summed E-state index contributed by atoms with van der Waals surface area (Å²) < 4.78 is 5.19. The molecule has 0 amide bonds. The quantitative estimate of drug-likeness (QED) is 0.855. The maximum atomic E-state index is 11.2. The standard InChI is InChI=1S/C18H22O2/c1-3-4-14-18(19,15-8-6-5-7-9-15)16-10-12-17(20-2)13-11-16/h5-13,19H,3-4,14H2,1-2H3. The molecule has 0 saturated heterocycles. The van der Waals surface area contributed by atoms with Crippen molar-refractivity contribution in [2.75, 3.05) is 7.11 Å². The summed E-state index contributed by atoms with van der Waals surface area (Å²) in [6.07, 6.45) is 2.77. The Hall–Kier alpha value is -1.80. The lowest BCUT2D eigenvalue weighted by molar-refractivity contribution is 0.0684. The maximum absolute atomic E-state index is 11.2. The molecule has 106 valence electrons. The van der Waals surface area contributed by atoms with E-state index in [-0.39, 0.29) is 0 Å². The van der Waals surface area contributed by atoms with Gasteiger partial charge in [-0.05, 0) is 29.7 Å². The van der Waals surface area contributed by atoms with Crippen LogP contribution in [0, 0.1) is 0 Å². The number of hydrogen-bond donors (Lipinski definition) is 1. The van der Waals surface area contributed by atoms with Crippen molar-refractivity contribution in [3.05, 3.63) is 65.7 Å². The molecule has 0 aromatic heterocycles. The van der Waals surface area contributed by atoms with Crippen LogP contribution in [0.3, 0.4) is 0 Å². The second-order valence-corrected chi connectivity index (χ2v) is 5.06. The van der Waals surface area contributed by atoms with Gasteiger partial charge in [-0.25, -0.2) is 0 Å². The second kappa shape index (κ2) is 6.58. The van der Waals surface area contributed by atoms with E-state index in [1.54, 1.807) is 7.11 Å². The third-order valence-electron chi connectivity index (χ3n) is 3.71. The number of unbranched alkanes of at least 4 members (excludes halogenated alkanes) is 1. The lowest BCUT2D eigenvalue weighted by Crippen LogP contribution is -2.27. The Kier molecular flexibility index (Phi) is 4.80. The van der Waals surface area contributed by atoms with Gasteiger partial charge in [-0.3, -0.25) is 0 Å². The van der Waals surface area contributed by atoms with Crippen LogP contribution in [-0.4, -0.2) is 12.2 Å². The Morgan fingerprint density at radius 2 is 1.55 bits per heavy atom. The lowest BCUT2D eigenvalue weighted by Gasteiger charge is -2.29. The van der Waals surface area contributed by atoms with Crippen molar-refractivity contribution < 1.29 is 9.84 Å². The molecule has 1 unspecified atom stereocenters. The SMILES string of the molecule is CCCCC(O)(c1ccccc1)c1ccc(OC)cc1. The van der Waals surface area contributed by atoms with Gasteiger partial charge in [0, 0.05) is 0 Å². The van der Waals surface area contributed by atoms with Crippen molar-refractivity contribution >= 4 is 0 Å². The van der Waals surface area contributed by atoms with Gasteiger partial charge in [-0.2, -0.15) is 0 Å². The molecule has 0 aliphatic carbocycles. The summed E-state index contributed by atoms with van der Waals surface area (Å²) in [6, 6.07) is 17.6. The van der Waals surface area contributed by atoms with E-state index in [2.05, 4.69) is 6.92 Å². The van der Waals surface area contributed by atoms with Crippen molar-refractivity contribution in [1.29, 1.82) is 0 Å². The molecule has 0 aliphatic heterocycles. The first kappa shape index (κ1) is 14.6. The zero-order chi connectivity index (χ0) is 14.4. The fourth-order valence-electron chi connectivity index (χ4n) is 2.47. The predicted octanol–water partition coefficient (Wildman–Crippen LogP) is 4.12. The molecule has 1 atom stereocenters. The van der Waals surface area contributed by atoms with Gasteiger partial charge in [0.1, 0.15) is 11.4 Å². The van der Waals surface area contributed by atoms with Crippen LogP contribution in [0.5, 0.6) is 5.75 Å². The summed E-state index contributed by atoms with van der Waals surface area (Å²) in [5, 5.41) is 11.2. The Balaban J connectivity index is 2.40. The van der Waals surface area contributed by atoms with E-state index in [1.807, 2.05) is 54.6 Å². The van der Waals surface area contributed by atoms with Crippen LogP contribution in [0.2, 0.25) is 0 Å². The van der Waals surface area contributed by atoms with Gasteiger partial charge >= 0.3 is 0 Å². The maximum Gasteiger partial charge on any atom is 0.118 e. The van der Waals surface area contributed by atoms with Crippen molar-refractivity contribution in [1.82, 2.24) is 0 Å². The van der Waals surface area contributed by atoms with Crippen LogP contribution in [0.25, 0.3) is 0 Å². The Bertz CT molecular complexity index is 519. The van der Waals surface area contributed by atoms with Crippen LogP contribution >= 0.6 is 0 Å². The van der Waals surface area contributed by atoms with E-state index in [4.69, 9.17) is 4.74 Å². The van der Waals surface area contributed by atoms with Gasteiger partial charge in [0.25, 0.3) is 0 Å². The Morgan fingerprint density at radius 3 is 2.10 bits per heavy atom. The highest BCUT2D eigenvalue weighted by Gasteiger charge is 2.30. The summed E-state index contributed by atoms with van der Waals surface area (Å²) in [5.41, 5.74) is 0.931. The molecule has 0 aliphatic rings. The van der Waals surface area contributed by atoms with Gasteiger partial charge in [0.15, 0.2) is 0 Å². The molecule has 0 saturated carbocycles. The van der Waals surface area contributed by atoms with Crippen LogP contribution < -0.4 is 4.74 Å². The van der Waals surface area contributed by atoms with E-state index < -0.39 is 5.60 Å². The highest BCUT2D eigenvalue weighted by molar-refractivity contribution is 5.38. The number of methoxy groups -OCH3 is 1. The van der Waals surface area contributed by atoms with Gasteiger partial charge in [-0.1, -0.05) is 62.2 Å². The van der Waals surface area contributed by atoms with Gasteiger partial charge < -0.3 is 9.84 Å². The van der Waals surface area contributed by atoms with E-state index >= 15 is 0 Å². The first-order valence-electron chi connectivity index (χ1n) is 7.13. The van der Waals surface area contributed by atoms with E-state index in [0.29, 0.717) is 0 Å². The molecule has 2 rings (SSSR count). The Labute approximate surface area is 121 Å². The number of rotatable bonds is 6. The third-order valence-corrected chi connectivity index (χ3v) is 3.71. The van der Waals surface area contributed by atoms with Gasteiger partial charge in [-0.15, -0.1) is 0 Å². The topological polar surface area (TPSA) is 29.5 Å². The highest BCUT2D eigenvalue weighted by atomic mass is 16.5. The molecule has 2 heteroatoms. The number of hydrogen-bond acceptors (Lipinski definition) is 2. The Morgan fingerprint density at radius 1 is 0.950 bits per heavy atom. The fraction of sp³-hybridized carbons (Fsp3) is 0.333. The minimum atomic E-state index is -0.927. The molecule has 2 aromatic rings. The molecule has 2 aromatic carbocycles. The summed E-state index contributed by atoms with van der Waals surface area (Å²) in [6.45, 7) is 2.14. The molecular weight excluding hydrogens is 248 g/mol. The third kappa shape index (κ3) is 3.02. The monoisotopic (exact) mass is 270 g/mol. The van der Waals surface area contributed by atoms with Crippen molar-refractivity contribution in [3.8, 4) is 5.75 Å². The molecule has 2 nitrogen and oxygen atoms in total. The minimum absolute atomic E-state index is 0.722. The van der Waals surface area contributed by atoms with Crippen LogP contribution in [0.4, 0.5) is 0 Å². The first-order valence-corrected chi connectivity index (χ1v) is 7.13. The van der Waals surface area contributed by atoms with Gasteiger partial charge in [0.2, 0.25) is 0 Å². The zero-order valence-electron chi connectivity index (χ0n) is 12.2. The average Bonchev–Trinajstić information content (AvgIpc) is 2.53. The van der Waals surface area contributed by atoms with Crippen molar-refractivity contribution in [2.24, 2.45) is 0 Å². The second-order valence-electron chi connectivity index (χ2n) is 5.06. The summed E-state index contributed by atoms with van der Waals surface area (Å²) in [5.74, 6) is 0.805. The number of benzene rings is 2. The summed E-state index contributed by atoms with van der Waals surface area (Å²) in [7, 11) is 1.65. The van der Waals surface area contributed by atoms with Crippen molar-refractivity contribution in [3.63, 3.8) is 0 Å². The summed E-state index contributed by atoms with van der Waals surface area (Å²) >= 11 is 0. The average molecular weight is 270 g/mol. The molecule has 0 spiro atoms. The first-order chi connectivity index (χ1) is 9.70. The van der Waals surface area contributed by atoms with Crippen LogP contribution in [-0.2, 0) is 5.60 Å². The number of ether oxygens (including phenoxy) is 1. The zero-order valence-corrected chi connectivity index (χ0v) is 12.2. The van der Waals surface area contributed by atoms with Crippen molar-refractivity contribution in [2.45, 2.75) is 31.8 Å². The normalized spacial score (nSPS) is 13.8. The number of aliphatic hydroxyl groups is 1. The molecule has 1 N–H and O–H groups in total. The molecule has 20 heavy (non-hydrogen) atoms. The smallest absolute Gasteiger partial charge is 0.118 e. The van der Waals surface area contributed by atoms with Crippen LogP contribution in [0.1, 0.15) is 37.3 Å². The van der Waals surface area contributed by atoms with E-state index in [1.165, 1.54) is 0 Å². The molecular formula is C18H22O2. The van der Waals surface area contributed by atoms with Crippen LogP contribution in [0.15, 0.2) is 54.6 Å².